The van der Waals surface area contributed by atoms with E-state index in [1.807, 2.05) is 12.1 Å². The van der Waals surface area contributed by atoms with Crippen LogP contribution in [0.1, 0.15) is 10.4 Å². The van der Waals surface area contributed by atoms with E-state index in [9.17, 15) is 4.79 Å². The third-order valence-corrected chi connectivity index (χ3v) is 5.47. The van der Waals surface area contributed by atoms with Crippen molar-refractivity contribution in [2.45, 2.75) is 0 Å². The molecule has 1 N–H and O–H groups in total. The molecule has 0 spiro atoms. The first-order chi connectivity index (χ1) is 15.1. The molecular formula is C23H31N3O5. The molecule has 0 aliphatic carbocycles. The van der Waals surface area contributed by atoms with Crippen molar-refractivity contribution >= 4 is 11.6 Å². The largest absolute Gasteiger partial charge is 0.497 e. The fraction of sp³-hybridized carbons (Fsp3) is 0.435. The van der Waals surface area contributed by atoms with Gasteiger partial charge in [-0.2, -0.15) is 0 Å². The summed E-state index contributed by atoms with van der Waals surface area (Å²) in [5.41, 5.74) is 1.62. The fourth-order valence-electron chi connectivity index (χ4n) is 3.73. The Morgan fingerprint density at radius 2 is 1.52 bits per heavy atom. The SMILES string of the molecule is COc1ccc(N2CCN(CCNC(=O)c3ccc(OC)c(OC)c3OC)CC2)cc1. The number of rotatable bonds is 9. The molecule has 1 heterocycles. The van der Waals surface area contributed by atoms with E-state index in [1.54, 1.807) is 26.4 Å². The van der Waals surface area contributed by atoms with E-state index in [2.05, 4.69) is 27.2 Å². The zero-order valence-electron chi connectivity index (χ0n) is 18.6. The summed E-state index contributed by atoms with van der Waals surface area (Å²) in [4.78, 5) is 17.4. The van der Waals surface area contributed by atoms with E-state index in [0.717, 1.165) is 38.5 Å². The summed E-state index contributed by atoms with van der Waals surface area (Å²) in [6.07, 6.45) is 0. The van der Waals surface area contributed by atoms with Crippen LogP contribution in [-0.2, 0) is 0 Å². The normalized spacial score (nSPS) is 14.1. The van der Waals surface area contributed by atoms with Crippen LogP contribution >= 0.6 is 0 Å². The van der Waals surface area contributed by atoms with Crippen LogP contribution in [0.5, 0.6) is 23.0 Å². The Morgan fingerprint density at radius 1 is 0.839 bits per heavy atom. The number of hydrogen-bond acceptors (Lipinski definition) is 7. The fourth-order valence-corrected chi connectivity index (χ4v) is 3.73. The van der Waals surface area contributed by atoms with Crippen LogP contribution in [0.2, 0.25) is 0 Å². The van der Waals surface area contributed by atoms with E-state index in [0.29, 0.717) is 29.4 Å². The van der Waals surface area contributed by atoms with Gasteiger partial charge in [-0.1, -0.05) is 0 Å². The number of nitrogens with one attached hydrogen (secondary N) is 1. The van der Waals surface area contributed by atoms with Gasteiger partial charge in [0, 0.05) is 45.0 Å². The van der Waals surface area contributed by atoms with Crippen molar-refractivity contribution in [1.29, 1.82) is 0 Å². The summed E-state index contributed by atoms with van der Waals surface area (Å²) in [6.45, 7) is 5.13. The molecule has 0 aromatic heterocycles. The second-order valence-electron chi connectivity index (χ2n) is 7.16. The number of amides is 1. The maximum Gasteiger partial charge on any atom is 0.255 e. The zero-order chi connectivity index (χ0) is 22.2. The van der Waals surface area contributed by atoms with E-state index in [-0.39, 0.29) is 5.91 Å². The molecule has 1 amide bonds. The molecule has 0 atom stereocenters. The molecule has 2 aromatic carbocycles. The van der Waals surface area contributed by atoms with E-state index >= 15 is 0 Å². The number of nitrogens with zero attached hydrogens (tertiary/aromatic N) is 2. The zero-order valence-corrected chi connectivity index (χ0v) is 18.6. The van der Waals surface area contributed by atoms with Gasteiger partial charge in [0.1, 0.15) is 5.75 Å². The van der Waals surface area contributed by atoms with Crippen LogP contribution in [0.4, 0.5) is 5.69 Å². The highest BCUT2D eigenvalue weighted by Gasteiger charge is 2.21. The Hall–Kier alpha value is -3.13. The number of piperazine rings is 1. The van der Waals surface area contributed by atoms with Crippen LogP contribution in [0, 0.1) is 0 Å². The van der Waals surface area contributed by atoms with Gasteiger partial charge < -0.3 is 29.2 Å². The molecule has 8 heteroatoms. The van der Waals surface area contributed by atoms with Gasteiger partial charge in [0.2, 0.25) is 5.75 Å². The van der Waals surface area contributed by atoms with Crippen molar-refractivity contribution in [2.24, 2.45) is 0 Å². The maximum absolute atomic E-state index is 12.7. The third kappa shape index (κ3) is 5.32. The molecule has 0 radical (unpaired) electrons. The van der Waals surface area contributed by atoms with Crippen LogP contribution in [0.25, 0.3) is 0 Å². The highest BCUT2D eigenvalue weighted by Crippen LogP contribution is 2.39. The van der Waals surface area contributed by atoms with Crippen molar-refractivity contribution in [3.05, 3.63) is 42.0 Å². The maximum atomic E-state index is 12.7. The van der Waals surface area contributed by atoms with Crippen molar-refractivity contribution in [3.63, 3.8) is 0 Å². The lowest BCUT2D eigenvalue weighted by molar-refractivity contribution is 0.0944. The van der Waals surface area contributed by atoms with Crippen molar-refractivity contribution in [3.8, 4) is 23.0 Å². The highest BCUT2D eigenvalue weighted by atomic mass is 16.5. The lowest BCUT2D eigenvalue weighted by atomic mass is 10.1. The molecule has 1 aliphatic rings. The molecule has 1 saturated heterocycles. The summed E-state index contributed by atoms with van der Waals surface area (Å²) >= 11 is 0. The minimum absolute atomic E-state index is 0.199. The Kier molecular flexibility index (Phi) is 7.83. The first kappa shape index (κ1) is 22.6. The summed E-state index contributed by atoms with van der Waals surface area (Å²) in [5.74, 6) is 1.96. The summed E-state index contributed by atoms with van der Waals surface area (Å²) in [6, 6.07) is 11.5. The Morgan fingerprint density at radius 3 is 2.10 bits per heavy atom. The molecule has 1 fully saturated rings. The molecular weight excluding hydrogens is 398 g/mol. The molecule has 8 nitrogen and oxygen atoms in total. The van der Waals surface area contributed by atoms with E-state index < -0.39 is 0 Å². The number of methoxy groups -OCH3 is 4. The second-order valence-corrected chi connectivity index (χ2v) is 7.16. The van der Waals surface area contributed by atoms with Crippen molar-refractivity contribution in [1.82, 2.24) is 10.2 Å². The van der Waals surface area contributed by atoms with Gasteiger partial charge in [-0.05, 0) is 36.4 Å². The third-order valence-electron chi connectivity index (χ3n) is 5.47. The van der Waals surface area contributed by atoms with Gasteiger partial charge in [0.25, 0.3) is 5.91 Å². The van der Waals surface area contributed by atoms with Crippen LogP contribution < -0.4 is 29.2 Å². The predicted molar refractivity (Wildman–Crippen MR) is 120 cm³/mol. The molecule has 2 aromatic rings. The van der Waals surface area contributed by atoms with Gasteiger partial charge in [-0.15, -0.1) is 0 Å². The van der Waals surface area contributed by atoms with Gasteiger partial charge in [-0.25, -0.2) is 0 Å². The van der Waals surface area contributed by atoms with Crippen LogP contribution in [0.3, 0.4) is 0 Å². The molecule has 31 heavy (non-hydrogen) atoms. The molecule has 168 valence electrons. The number of carbonyl (C=O) groups excluding carboxylic acids is 1. The average Bonchev–Trinajstić information content (AvgIpc) is 2.83. The first-order valence-corrected chi connectivity index (χ1v) is 10.3. The lowest BCUT2D eigenvalue weighted by Gasteiger charge is -2.36. The quantitative estimate of drug-likeness (QED) is 0.656. The topological polar surface area (TPSA) is 72.5 Å². The monoisotopic (exact) mass is 429 g/mol. The van der Waals surface area contributed by atoms with Gasteiger partial charge in [0.05, 0.1) is 34.0 Å². The average molecular weight is 430 g/mol. The van der Waals surface area contributed by atoms with E-state index in [1.165, 1.54) is 19.9 Å². The molecule has 0 bridgehead atoms. The van der Waals surface area contributed by atoms with Gasteiger partial charge in [0.15, 0.2) is 11.5 Å². The Balaban J connectivity index is 1.49. The predicted octanol–water partition coefficient (Wildman–Crippen LogP) is 2.27. The lowest BCUT2D eigenvalue weighted by Crippen LogP contribution is -2.48. The van der Waals surface area contributed by atoms with Gasteiger partial charge in [-0.3, -0.25) is 9.69 Å². The Labute approximate surface area is 183 Å². The number of carbonyl (C=O) groups is 1. The van der Waals surface area contributed by atoms with Crippen molar-refractivity contribution < 1.29 is 23.7 Å². The highest BCUT2D eigenvalue weighted by molar-refractivity contribution is 5.98. The smallest absolute Gasteiger partial charge is 0.255 e. The number of benzene rings is 2. The Bertz CT molecular complexity index is 864. The van der Waals surface area contributed by atoms with Crippen LogP contribution in [-0.4, -0.2) is 78.5 Å². The molecule has 0 unspecified atom stereocenters. The second kappa shape index (κ2) is 10.8. The standard InChI is InChI=1S/C23H31N3O5/c1-28-18-7-5-17(6-8-18)26-15-13-25(14-16-26)12-11-24-23(27)19-9-10-20(29-2)22(31-4)21(19)30-3/h5-10H,11-16H2,1-4H3,(H,24,27). The van der Waals surface area contributed by atoms with E-state index in [4.69, 9.17) is 18.9 Å². The first-order valence-electron chi connectivity index (χ1n) is 10.3. The minimum atomic E-state index is -0.199. The number of hydrogen-bond donors (Lipinski definition) is 1. The molecule has 1 aliphatic heterocycles. The summed E-state index contributed by atoms with van der Waals surface area (Å²) in [7, 11) is 6.25. The number of anilines is 1. The summed E-state index contributed by atoms with van der Waals surface area (Å²) in [5, 5.41) is 2.98. The van der Waals surface area contributed by atoms with Crippen LogP contribution in [0.15, 0.2) is 36.4 Å². The number of ether oxygens (including phenoxy) is 4. The summed E-state index contributed by atoms with van der Waals surface area (Å²) < 4.78 is 21.3. The minimum Gasteiger partial charge on any atom is -0.497 e. The molecule has 0 saturated carbocycles. The van der Waals surface area contributed by atoms with Crippen molar-refractivity contribution in [2.75, 3.05) is 72.6 Å². The van der Waals surface area contributed by atoms with Gasteiger partial charge >= 0.3 is 0 Å². The molecule has 3 rings (SSSR count).